The molecular weight excluding hydrogens is 625 g/mol. The smallest absolute Gasteiger partial charge is 0.364 e. The van der Waals surface area contributed by atoms with Crippen molar-refractivity contribution < 1.29 is 55.9 Å². The van der Waals surface area contributed by atoms with Gasteiger partial charge in [0, 0.05) is 23.8 Å². The largest absolute Gasteiger partial charge is 0.490 e. The number of nitrogens with zero attached hydrogens (tertiary/aromatic N) is 1. The molecule has 5 N–H and O–H groups in total. The van der Waals surface area contributed by atoms with Gasteiger partial charge in [-0.15, -0.1) is 0 Å². The van der Waals surface area contributed by atoms with Gasteiger partial charge in [-0.2, -0.15) is 8.62 Å². The summed E-state index contributed by atoms with van der Waals surface area (Å²) in [6, 6.07) is 0. The van der Waals surface area contributed by atoms with E-state index in [2.05, 4.69) is 25.4 Å². The third-order valence-electron chi connectivity index (χ3n) is 4.32. The van der Waals surface area contributed by atoms with Gasteiger partial charge in [0.1, 0.15) is 23.8 Å². The van der Waals surface area contributed by atoms with Crippen LogP contribution in [-0.4, -0.2) is 58.6 Å². The molecule has 21 heteroatoms. The maximum absolute atomic E-state index is 12.5. The lowest BCUT2D eigenvalue weighted by Gasteiger charge is -2.22. The highest BCUT2D eigenvalue weighted by atomic mass is 33.1. The second kappa shape index (κ2) is 14.0. The Hall–Kier alpha value is -0.730. The number of rotatable bonds is 12. The van der Waals surface area contributed by atoms with E-state index in [9.17, 15) is 33.1 Å². The van der Waals surface area contributed by atoms with Crippen LogP contribution in [0.15, 0.2) is 15.8 Å². The van der Waals surface area contributed by atoms with E-state index in [-0.39, 0.29) is 22.7 Å². The molecule has 1 aliphatic rings. The first-order valence-electron chi connectivity index (χ1n) is 11.0. The Labute approximate surface area is 231 Å². The van der Waals surface area contributed by atoms with Crippen LogP contribution in [0.25, 0.3) is 0 Å². The fourth-order valence-electron chi connectivity index (χ4n) is 2.96. The number of hydrogen-bond donors (Lipinski definition) is 5. The Morgan fingerprint density at radius 2 is 1.82 bits per heavy atom. The Balaban J connectivity index is 2.22. The Kier molecular flexibility index (Phi) is 12.3. The highest BCUT2D eigenvalue weighted by Crippen LogP contribution is 2.66. The molecule has 1 aliphatic heterocycles. The standard InChI is InChI=1S/C18H29N2O14P3S2/c1-5-6-7-12-9-20(17(22)19-16(12)21)15-8-13(30-11-38-39-18(2,3)4)14(32-15)10-31-36(26,27)34-37(28,29)33-35(23,24)25/h9,13-15H,5,8,10-11H2,1-4H3,(H,26,27)(H,28,29)(H,19,21,22)(H2,23,24,25)/t13-,14-,15-/m1/s1. The highest BCUT2D eigenvalue weighted by molar-refractivity contribution is 8.77. The number of phosphoric ester groups is 1. The molecular formula is C18H29N2O14P3S2. The fourth-order valence-corrected chi connectivity index (χ4v) is 7.99. The van der Waals surface area contributed by atoms with Crippen LogP contribution in [0.2, 0.25) is 0 Å². The summed E-state index contributed by atoms with van der Waals surface area (Å²) in [5, 5.41) is 0. The summed E-state index contributed by atoms with van der Waals surface area (Å²) < 4.78 is 59.3. The van der Waals surface area contributed by atoms with Crippen molar-refractivity contribution in [1.29, 1.82) is 0 Å². The molecule has 2 unspecified atom stereocenters. The molecule has 1 aromatic heterocycles. The average molecular weight is 654 g/mol. The maximum Gasteiger partial charge on any atom is 0.490 e. The molecule has 0 aromatic carbocycles. The first kappa shape index (κ1) is 34.5. The Bertz CT molecular complexity index is 1330. The van der Waals surface area contributed by atoms with E-state index >= 15 is 0 Å². The zero-order valence-electron chi connectivity index (χ0n) is 21.1. The van der Waals surface area contributed by atoms with Gasteiger partial charge in [-0.05, 0) is 0 Å². The van der Waals surface area contributed by atoms with E-state index in [1.165, 1.54) is 27.8 Å². The normalized spacial score (nSPS) is 23.0. The van der Waals surface area contributed by atoms with E-state index in [0.29, 0.717) is 6.42 Å². The maximum atomic E-state index is 12.5. The molecule has 1 aromatic rings. The lowest BCUT2D eigenvalue weighted by molar-refractivity contribution is -0.0543. The van der Waals surface area contributed by atoms with Gasteiger partial charge in [0.05, 0.1) is 12.7 Å². The summed E-state index contributed by atoms with van der Waals surface area (Å²) >= 11 is 0. The quantitative estimate of drug-likeness (QED) is 0.0716. The van der Waals surface area contributed by atoms with Crippen molar-refractivity contribution in [1.82, 2.24) is 9.55 Å². The van der Waals surface area contributed by atoms with Crippen molar-refractivity contribution in [2.75, 3.05) is 12.5 Å². The third-order valence-corrected chi connectivity index (χ3v) is 11.1. The van der Waals surface area contributed by atoms with E-state index < -0.39 is 59.8 Å². The van der Waals surface area contributed by atoms with Gasteiger partial charge in [0.25, 0.3) is 5.56 Å². The minimum atomic E-state index is -5.71. The molecule has 2 heterocycles. The van der Waals surface area contributed by atoms with Crippen molar-refractivity contribution in [3.05, 3.63) is 32.6 Å². The molecule has 1 fully saturated rings. The van der Waals surface area contributed by atoms with Crippen LogP contribution in [0, 0.1) is 11.8 Å². The van der Waals surface area contributed by atoms with Gasteiger partial charge < -0.3 is 29.0 Å². The predicted molar refractivity (Wildman–Crippen MR) is 142 cm³/mol. The predicted octanol–water partition coefficient (Wildman–Crippen LogP) is 2.45. The molecule has 0 amide bonds. The monoisotopic (exact) mass is 654 g/mol. The number of ether oxygens (including phenoxy) is 2. The summed E-state index contributed by atoms with van der Waals surface area (Å²) in [5.74, 6) is 5.51. The van der Waals surface area contributed by atoms with Crippen LogP contribution in [0.5, 0.6) is 0 Å². The second-order valence-electron chi connectivity index (χ2n) is 8.75. The number of phosphoric acid groups is 3. The molecule has 16 nitrogen and oxygen atoms in total. The molecule has 0 saturated carbocycles. The SMILES string of the molecule is CCC#Cc1cn([C@H]2C[C@@H](OCSSC(C)(C)C)[C@@H](COP(=O)(O)OP(=O)(O)OP(=O)(O)O)O2)c(=O)[nH]c1=O. The van der Waals surface area contributed by atoms with Crippen molar-refractivity contribution >= 4 is 45.1 Å². The fraction of sp³-hybridized carbons (Fsp3) is 0.667. The van der Waals surface area contributed by atoms with Gasteiger partial charge in [0.2, 0.25) is 0 Å². The van der Waals surface area contributed by atoms with Crippen LogP contribution in [-0.2, 0) is 36.3 Å². The van der Waals surface area contributed by atoms with Crippen LogP contribution in [0.4, 0.5) is 0 Å². The van der Waals surface area contributed by atoms with Crippen molar-refractivity contribution in [3.8, 4) is 11.8 Å². The van der Waals surface area contributed by atoms with Gasteiger partial charge in [-0.3, -0.25) is 18.9 Å². The zero-order valence-corrected chi connectivity index (χ0v) is 25.4. The van der Waals surface area contributed by atoms with E-state index in [4.69, 9.17) is 23.8 Å². The van der Waals surface area contributed by atoms with Crippen LogP contribution in [0.1, 0.15) is 52.3 Å². The number of aromatic amines is 1. The van der Waals surface area contributed by atoms with Crippen LogP contribution < -0.4 is 11.2 Å². The highest BCUT2D eigenvalue weighted by Gasteiger charge is 2.43. The average Bonchev–Trinajstić information content (AvgIpc) is 3.14. The molecule has 0 aliphatic carbocycles. The summed E-state index contributed by atoms with van der Waals surface area (Å²) in [4.78, 5) is 63.1. The summed E-state index contributed by atoms with van der Waals surface area (Å²) in [5.41, 5.74) is -1.49. The molecule has 5 atom stereocenters. The van der Waals surface area contributed by atoms with Crippen molar-refractivity contribution in [3.63, 3.8) is 0 Å². The Morgan fingerprint density at radius 3 is 2.41 bits per heavy atom. The molecule has 0 radical (unpaired) electrons. The van der Waals surface area contributed by atoms with Crippen molar-refractivity contribution in [2.24, 2.45) is 0 Å². The zero-order chi connectivity index (χ0) is 29.6. The molecule has 1 saturated heterocycles. The van der Waals surface area contributed by atoms with E-state index in [0.717, 1.165) is 4.57 Å². The lowest BCUT2D eigenvalue weighted by atomic mass is 10.2. The molecule has 0 bridgehead atoms. The minimum absolute atomic E-state index is 0.00589. The van der Waals surface area contributed by atoms with Gasteiger partial charge >= 0.3 is 29.2 Å². The number of H-pyrrole nitrogens is 1. The number of aromatic nitrogens is 2. The Morgan fingerprint density at radius 1 is 1.15 bits per heavy atom. The summed E-state index contributed by atoms with van der Waals surface area (Å²) in [6.07, 6.45) is -1.31. The lowest BCUT2D eigenvalue weighted by Crippen LogP contribution is -2.33. The van der Waals surface area contributed by atoms with Crippen LogP contribution >= 0.6 is 45.1 Å². The van der Waals surface area contributed by atoms with Gasteiger partial charge in [-0.25, -0.2) is 18.5 Å². The molecule has 2 rings (SSSR count). The third kappa shape index (κ3) is 12.4. The number of nitrogens with one attached hydrogen (secondary N) is 1. The first-order valence-corrected chi connectivity index (χ1v) is 17.9. The second-order valence-corrected chi connectivity index (χ2v) is 16.2. The van der Waals surface area contributed by atoms with Gasteiger partial charge in [-0.1, -0.05) is 61.1 Å². The van der Waals surface area contributed by atoms with Gasteiger partial charge in [0.15, 0.2) is 0 Å². The first-order chi connectivity index (χ1) is 17.8. The molecule has 39 heavy (non-hydrogen) atoms. The summed E-state index contributed by atoms with van der Waals surface area (Å²) in [6.45, 7) is 6.98. The summed E-state index contributed by atoms with van der Waals surface area (Å²) in [7, 11) is -13.8. The number of hydrogen-bond acceptors (Lipinski definition) is 12. The van der Waals surface area contributed by atoms with E-state index in [1.54, 1.807) is 6.92 Å². The molecule has 0 spiro atoms. The van der Waals surface area contributed by atoms with Crippen LogP contribution in [0.3, 0.4) is 0 Å². The minimum Gasteiger partial charge on any atom is -0.364 e. The van der Waals surface area contributed by atoms with E-state index in [1.807, 2.05) is 20.8 Å². The topological polar surface area (TPSA) is 233 Å². The molecule has 222 valence electrons. The van der Waals surface area contributed by atoms with Crippen molar-refractivity contribution in [2.45, 2.75) is 63.7 Å².